The fourth-order valence-corrected chi connectivity index (χ4v) is 7.25. The molecule has 1 saturated carbocycles. The number of nitrogens with two attached hydrogens (primary N) is 1. The Kier molecular flexibility index (Phi) is 9.69. The summed E-state index contributed by atoms with van der Waals surface area (Å²) in [7, 11) is -3.73. The van der Waals surface area contributed by atoms with E-state index in [-0.39, 0.29) is 11.3 Å². The van der Waals surface area contributed by atoms with Crippen LogP contribution in [0.5, 0.6) is 0 Å². The first-order valence-corrected chi connectivity index (χ1v) is 16.2. The molecule has 0 radical (unpaired) electrons. The van der Waals surface area contributed by atoms with Crippen LogP contribution in [0, 0.1) is 18.3 Å². The Morgan fingerprint density at radius 3 is 2.17 bits per heavy atom. The number of carbonyl (C=O) groups is 1. The number of aromatic nitrogens is 1. The molecule has 1 aliphatic rings. The molecule has 1 aliphatic carbocycles. The third-order valence-electron chi connectivity index (χ3n) is 7.87. The van der Waals surface area contributed by atoms with Gasteiger partial charge >= 0.3 is 0 Å². The van der Waals surface area contributed by atoms with Gasteiger partial charge < -0.3 is 15.6 Å². The number of hydrogen-bond donors (Lipinski definition) is 3. The summed E-state index contributed by atoms with van der Waals surface area (Å²) in [5, 5.41) is 3.09. The Hall–Kier alpha value is -2.16. The highest BCUT2D eigenvalue weighted by Gasteiger charge is 2.30. The molecular weight excluding hydrogens is 520 g/mol. The molecule has 0 aliphatic heterocycles. The Labute approximate surface area is 242 Å². The zero-order valence-corrected chi connectivity index (χ0v) is 27.0. The molecule has 0 saturated heterocycles. The van der Waals surface area contributed by atoms with Crippen LogP contribution < -0.4 is 15.8 Å². The molecule has 7 nitrogen and oxygen atoms in total. The summed E-state index contributed by atoms with van der Waals surface area (Å²) in [5.41, 5.74) is 8.89. The van der Waals surface area contributed by atoms with Gasteiger partial charge in [-0.2, -0.15) is 0 Å². The largest absolute Gasteiger partial charge is 0.351 e. The van der Waals surface area contributed by atoms with Crippen LogP contribution in [-0.2, 0) is 22.0 Å². The first kappa shape index (κ1) is 32.4. The molecule has 1 aromatic carbocycles. The van der Waals surface area contributed by atoms with E-state index in [9.17, 15) is 13.2 Å². The number of benzene rings is 1. The highest BCUT2D eigenvalue weighted by Crippen LogP contribution is 2.36. The molecule has 0 atom stereocenters. The van der Waals surface area contributed by atoms with Crippen LogP contribution in [-0.4, -0.2) is 37.5 Å². The van der Waals surface area contributed by atoms with Crippen molar-refractivity contribution in [3.05, 3.63) is 41.1 Å². The van der Waals surface area contributed by atoms with Crippen molar-refractivity contribution in [3.8, 4) is 11.3 Å². The molecule has 0 bridgehead atoms. The van der Waals surface area contributed by atoms with Crippen molar-refractivity contribution in [2.45, 2.75) is 117 Å². The van der Waals surface area contributed by atoms with Crippen LogP contribution in [0.2, 0.25) is 0 Å². The Morgan fingerprint density at radius 2 is 1.62 bits per heavy atom. The molecule has 1 fully saturated rings. The maximum atomic E-state index is 13.4. The van der Waals surface area contributed by atoms with Crippen molar-refractivity contribution in [1.29, 1.82) is 0 Å². The predicted molar refractivity (Wildman–Crippen MR) is 165 cm³/mol. The minimum absolute atomic E-state index is 0.104. The molecule has 1 amide bonds. The average molecular weight is 573 g/mol. The fraction of sp³-hybridized carbons (Fsp3) is 0.656. The first-order valence-electron chi connectivity index (χ1n) is 14.7. The predicted octanol–water partition coefficient (Wildman–Crippen LogP) is 6.13. The van der Waals surface area contributed by atoms with Gasteiger partial charge in [0.25, 0.3) is 5.91 Å². The normalized spacial score (nSPS) is 15.8. The van der Waals surface area contributed by atoms with Crippen molar-refractivity contribution in [2.75, 3.05) is 13.1 Å². The first-order chi connectivity index (χ1) is 18.3. The van der Waals surface area contributed by atoms with Gasteiger partial charge in [-0.05, 0) is 93.2 Å². The SMILES string of the molecule is Cc1c(C(=O)NCC(C)(C)CN)cc(-c2ccc(S(=O)(=O)NC(C)(C)C)c(C(C)(C)C)c2)n1CC1CCCCC1. The van der Waals surface area contributed by atoms with Crippen molar-refractivity contribution in [1.82, 2.24) is 14.6 Å². The lowest BCUT2D eigenvalue weighted by molar-refractivity contribution is 0.0937. The van der Waals surface area contributed by atoms with Crippen LogP contribution in [0.3, 0.4) is 0 Å². The lowest BCUT2D eigenvalue weighted by atomic mass is 9.85. The summed E-state index contributed by atoms with van der Waals surface area (Å²) in [5.74, 6) is 0.454. The zero-order valence-electron chi connectivity index (χ0n) is 26.2. The van der Waals surface area contributed by atoms with E-state index in [1.165, 1.54) is 32.1 Å². The van der Waals surface area contributed by atoms with E-state index in [2.05, 4.69) is 14.6 Å². The third kappa shape index (κ3) is 7.98. The topological polar surface area (TPSA) is 106 Å². The van der Waals surface area contributed by atoms with Crippen molar-refractivity contribution >= 4 is 15.9 Å². The third-order valence-corrected chi connectivity index (χ3v) is 9.69. The molecule has 40 heavy (non-hydrogen) atoms. The summed E-state index contributed by atoms with van der Waals surface area (Å²) < 4.78 is 32.0. The van der Waals surface area contributed by atoms with Gasteiger partial charge in [-0.25, -0.2) is 13.1 Å². The van der Waals surface area contributed by atoms with E-state index >= 15 is 0 Å². The maximum Gasteiger partial charge on any atom is 0.253 e. The average Bonchev–Trinajstić information content (AvgIpc) is 3.17. The van der Waals surface area contributed by atoms with Gasteiger partial charge in [-0.15, -0.1) is 0 Å². The van der Waals surface area contributed by atoms with Gasteiger partial charge in [0.15, 0.2) is 0 Å². The molecule has 2 aromatic rings. The van der Waals surface area contributed by atoms with Gasteiger partial charge in [0.05, 0.1) is 10.5 Å². The Bertz CT molecular complexity index is 1300. The number of amides is 1. The summed E-state index contributed by atoms with van der Waals surface area (Å²) >= 11 is 0. The molecule has 8 heteroatoms. The van der Waals surface area contributed by atoms with Crippen molar-refractivity contribution in [2.24, 2.45) is 17.1 Å². The van der Waals surface area contributed by atoms with Gasteiger partial charge in [0.2, 0.25) is 10.0 Å². The van der Waals surface area contributed by atoms with E-state index in [4.69, 9.17) is 5.73 Å². The number of nitrogens with zero attached hydrogens (tertiary/aromatic N) is 1. The summed E-state index contributed by atoms with van der Waals surface area (Å²) in [4.78, 5) is 13.7. The number of nitrogens with one attached hydrogen (secondary N) is 2. The molecule has 1 aromatic heterocycles. The summed E-state index contributed by atoms with van der Waals surface area (Å²) in [6.45, 7) is 19.6. The highest BCUT2D eigenvalue weighted by molar-refractivity contribution is 7.89. The lowest BCUT2D eigenvalue weighted by Crippen LogP contribution is -2.41. The number of rotatable bonds is 9. The lowest BCUT2D eigenvalue weighted by Gasteiger charge is -2.27. The van der Waals surface area contributed by atoms with Crippen molar-refractivity contribution in [3.63, 3.8) is 0 Å². The highest BCUT2D eigenvalue weighted by atomic mass is 32.2. The summed E-state index contributed by atoms with van der Waals surface area (Å²) in [6.07, 6.45) is 6.14. The second kappa shape index (κ2) is 12.0. The number of sulfonamides is 1. The molecule has 3 rings (SSSR count). The Morgan fingerprint density at radius 1 is 1.00 bits per heavy atom. The van der Waals surface area contributed by atoms with Crippen LogP contribution in [0.4, 0.5) is 0 Å². The molecule has 1 heterocycles. The zero-order chi connectivity index (χ0) is 30.1. The molecule has 4 N–H and O–H groups in total. The van der Waals surface area contributed by atoms with Crippen LogP contribution >= 0.6 is 0 Å². The second-order valence-electron chi connectivity index (χ2n) is 14.5. The molecular formula is C32H52N4O3S. The standard InChI is InChI=1S/C32H52N4O3S/c1-22-25(29(37)34-21-32(8,9)20-33)18-27(36(22)19-23-13-11-10-12-14-23)24-15-16-28(26(17-24)30(2,3)4)40(38,39)35-31(5,6)7/h15-18,23,35H,10-14,19-21,33H2,1-9H3,(H,34,37). The van der Waals surface area contributed by atoms with E-state index < -0.39 is 21.0 Å². The number of carbonyl (C=O) groups excluding carboxylic acids is 1. The molecule has 0 unspecified atom stereocenters. The minimum Gasteiger partial charge on any atom is -0.351 e. The second-order valence-corrected chi connectivity index (χ2v) is 16.2. The maximum absolute atomic E-state index is 13.4. The van der Waals surface area contributed by atoms with Gasteiger partial charge in [-0.1, -0.05) is 59.9 Å². The fourth-order valence-electron chi connectivity index (χ4n) is 5.43. The van der Waals surface area contributed by atoms with E-state index in [1.807, 2.05) is 80.5 Å². The van der Waals surface area contributed by atoms with Gasteiger partial charge in [-0.3, -0.25) is 4.79 Å². The van der Waals surface area contributed by atoms with E-state index in [0.717, 1.165) is 29.1 Å². The Balaban J connectivity index is 2.13. The smallest absolute Gasteiger partial charge is 0.253 e. The monoisotopic (exact) mass is 572 g/mol. The minimum atomic E-state index is -3.73. The summed E-state index contributed by atoms with van der Waals surface area (Å²) in [6, 6.07) is 7.59. The molecule has 224 valence electrons. The van der Waals surface area contributed by atoms with Crippen LogP contribution in [0.25, 0.3) is 11.3 Å². The van der Waals surface area contributed by atoms with Gasteiger partial charge in [0, 0.05) is 30.0 Å². The van der Waals surface area contributed by atoms with Crippen molar-refractivity contribution < 1.29 is 13.2 Å². The van der Waals surface area contributed by atoms with E-state index in [0.29, 0.717) is 29.5 Å². The van der Waals surface area contributed by atoms with Gasteiger partial charge in [0.1, 0.15) is 0 Å². The number of hydrogen-bond acceptors (Lipinski definition) is 4. The van der Waals surface area contributed by atoms with Crippen LogP contribution in [0.15, 0.2) is 29.2 Å². The van der Waals surface area contributed by atoms with E-state index in [1.54, 1.807) is 6.07 Å². The molecule has 0 spiro atoms. The van der Waals surface area contributed by atoms with Crippen LogP contribution in [0.1, 0.15) is 109 Å². The quantitative estimate of drug-likeness (QED) is 0.336.